The second-order valence-electron chi connectivity index (χ2n) is 4.20. The van der Waals surface area contributed by atoms with E-state index in [-0.39, 0.29) is 5.91 Å². The number of hydrazone groups is 1. The number of benzene rings is 2. The zero-order chi connectivity index (χ0) is 15.1. The smallest absolute Gasteiger partial charge is 0.271 e. The van der Waals surface area contributed by atoms with E-state index in [4.69, 9.17) is 9.47 Å². The first-order valence-corrected chi connectivity index (χ1v) is 6.34. The molecule has 0 saturated carbocycles. The highest BCUT2D eigenvalue weighted by molar-refractivity contribution is 5.95. The van der Waals surface area contributed by atoms with Crippen LogP contribution in [0.1, 0.15) is 15.9 Å². The molecule has 0 bridgehead atoms. The Morgan fingerprint density at radius 2 is 1.76 bits per heavy atom. The van der Waals surface area contributed by atoms with Gasteiger partial charge in [0.15, 0.2) is 0 Å². The summed E-state index contributed by atoms with van der Waals surface area (Å²) in [5, 5.41) is 3.92. The second kappa shape index (κ2) is 7.09. The number of nitrogens with one attached hydrogen (secondary N) is 1. The van der Waals surface area contributed by atoms with E-state index >= 15 is 0 Å². The van der Waals surface area contributed by atoms with Gasteiger partial charge in [0.25, 0.3) is 5.91 Å². The molecule has 0 aliphatic carbocycles. The maximum Gasteiger partial charge on any atom is 0.271 e. The lowest BCUT2D eigenvalue weighted by Crippen LogP contribution is -2.17. The third kappa shape index (κ3) is 4.07. The first-order valence-electron chi connectivity index (χ1n) is 6.34. The number of hydrogen-bond donors (Lipinski definition) is 1. The molecule has 0 aliphatic rings. The van der Waals surface area contributed by atoms with Crippen LogP contribution in [-0.4, -0.2) is 26.3 Å². The van der Waals surface area contributed by atoms with Crippen molar-refractivity contribution in [1.82, 2.24) is 5.43 Å². The Morgan fingerprint density at radius 1 is 1.05 bits per heavy atom. The van der Waals surface area contributed by atoms with Gasteiger partial charge in [0.2, 0.25) is 0 Å². The van der Waals surface area contributed by atoms with Crippen LogP contribution in [0.4, 0.5) is 0 Å². The van der Waals surface area contributed by atoms with Crippen molar-refractivity contribution in [2.75, 3.05) is 14.2 Å². The predicted octanol–water partition coefficient (Wildman–Crippen LogP) is 2.47. The fourth-order valence-electron chi connectivity index (χ4n) is 1.69. The molecule has 5 nitrogen and oxygen atoms in total. The van der Waals surface area contributed by atoms with E-state index in [2.05, 4.69) is 10.5 Å². The average molecular weight is 284 g/mol. The molecule has 2 rings (SSSR count). The van der Waals surface area contributed by atoms with Gasteiger partial charge in [-0.15, -0.1) is 0 Å². The molecule has 5 heteroatoms. The first kappa shape index (κ1) is 14.6. The SMILES string of the molecule is COc1ccc(C(=O)NN=Cc2cccc(OC)c2)cc1. The molecule has 0 heterocycles. The molecule has 108 valence electrons. The standard InChI is InChI=1S/C16H16N2O3/c1-20-14-8-6-13(7-9-14)16(19)18-17-11-12-4-3-5-15(10-12)21-2/h3-11H,1-2H3,(H,18,19). The largest absolute Gasteiger partial charge is 0.497 e. The summed E-state index contributed by atoms with van der Waals surface area (Å²) in [7, 11) is 3.18. The number of amides is 1. The lowest BCUT2D eigenvalue weighted by molar-refractivity contribution is 0.0955. The van der Waals surface area contributed by atoms with Gasteiger partial charge < -0.3 is 9.47 Å². The van der Waals surface area contributed by atoms with Gasteiger partial charge in [-0.1, -0.05) is 12.1 Å². The lowest BCUT2D eigenvalue weighted by atomic mass is 10.2. The van der Waals surface area contributed by atoms with Gasteiger partial charge in [-0.2, -0.15) is 5.10 Å². The van der Waals surface area contributed by atoms with Gasteiger partial charge >= 0.3 is 0 Å². The summed E-state index contributed by atoms with van der Waals surface area (Å²) in [6, 6.07) is 14.2. The Hall–Kier alpha value is -2.82. The van der Waals surface area contributed by atoms with Crippen LogP contribution in [0.2, 0.25) is 0 Å². The molecule has 21 heavy (non-hydrogen) atoms. The highest BCUT2D eigenvalue weighted by atomic mass is 16.5. The molecule has 0 spiro atoms. The van der Waals surface area contributed by atoms with Crippen molar-refractivity contribution in [3.8, 4) is 11.5 Å². The summed E-state index contributed by atoms with van der Waals surface area (Å²) in [6.07, 6.45) is 1.56. The van der Waals surface area contributed by atoms with Crippen molar-refractivity contribution in [2.45, 2.75) is 0 Å². The summed E-state index contributed by atoms with van der Waals surface area (Å²) in [6.45, 7) is 0. The zero-order valence-electron chi connectivity index (χ0n) is 11.9. The Labute approximate surface area is 123 Å². The van der Waals surface area contributed by atoms with E-state index < -0.39 is 0 Å². The molecule has 0 fully saturated rings. The molecule has 0 atom stereocenters. The maximum absolute atomic E-state index is 11.9. The van der Waals surface area contributed by atoms with Crippen molar-refractivity contribution < 1.29 is 14.3 Å². The third-order valence-corrected chi connectivity index (χ3v) is 2.83. The van der Waals surface area contributed by atoms with Crippen LogP contribution >= 0.6 is 0 Å². The molecule has 2 aromatic carbocycles. The minimum atomic E-state index is -0.281. The fraction of sp³-hybridized carbons (Fsp3) is 0.125. The highest BCUT2D eigenvalue weighted by Crippen LogP contribution is 2.12. The molecule has 0 saturated heterocycles. The van der Waals surface area contributed by atoms with E-state index in [0.29, 0.717) is 11.3 Å². The van der Waals surface area contributed by atoms with Crippen LogP contribution in [0.15, 0.2) is 53.6 Å². The maximum atomic E-state index is 11.9. The summed E-state index contributed by atoms with van der Waals surface area (Å²) in [5.74, 6) is 1.16. The van der Waals surface area contributed by atoms with Crippen LogP contribution < -0.4 is 14.9 Å². The van der Waals surface area contributed by atoms with Gasteiger partial charge in [-0.05, 0) is 42.0 Å². The molecule has 0 aromatic heterocycles. The highest BCUT2D eigenvalue weighted by Gasteiger charge is 2.03. The van der Waals surface area contributed by atoms with Crippen molar-refractivity contribution in [3.05, 3.63) is 59.7 Å². The van der Waals surface area contributed by atoms with Crippen LogP contribution in [0.5, 0.6) is 11.5 Å². The quantitative estimate of drug-likeness (QED) is 0.677. The van der Waals surface area contributed by atoms with E-state index in [1.165, 1.54) is 0 Å². The van der Waals surface area contributed by atoms with E-state index in [9.17, 15) is 4.79 Å². The number of ether oxygens (including phenoxy) is 2. The topological polar surface area (TPSA) is 59.9 Å². The van der Waals surface area contributed by atoms with Crippen LogP contribution in [0, 0.1) is 0 Å². The second-order valence-corrected chi connectivity index (χ2v) is 4.20. The van der Waals surface area contributed by atoms with Crippen molar-refractivity contribution >= 4 is 12.1 Å². The van der Waals surface area contributed by atoms with Gasteiger partial charge in [-0.25, -0.2) is 5.43 Å². The number of nitrogens with zero attached hydrogens (tertiary/aromatic N) is 1. The minimum Gasteiger partial charge on any atom is -0.497 e. The Morgan fingerprint density at radius 3 is 2.43 bits per heavy atom. The summed E-state index contributed by atoms with van der Waals surface area (Å²) < 4.78 is 10.1. The Balaban J connectivity index is 1.97. The summed E-state index contributed by atoms with van der Waals surface area (Å²) in [4.78, 5) is 11.9. The van der Waals surface area contributed by atoms with Crippen molar-refractivity contribution in [3.63, 3.8) is 0 Å². The predicted molar refractivity (Wildman–Crippen MR) is 81.0 cm³/mol. The van der Waals surface area contributed by atoms with Gasteiger partial charge in [-0.3, -0.25) is 4.79 Å². The molecule has 1 N–H and O–H groups in total. The number of rotatable bonds is 5. The summed E-state index contributed by atoms with van der Waals surface area (Å²) in [5.41, 5.74) is 3.82. The number of methoxy groups -OCH3 is 2. The molecule has 1 amide bonds. The van der Waals surface area contributed by atoms with E-state index in [0.717, 1.165) is 11.3 Å². The molecule has 0 radical (unpaired) electrons. The number of carbonyl (C=O) groups excluding carboxylic acids is 1. The molecule has 2 aromatic rings. The van der Waals surface area contributed by atoms with Gasteiger partial charge in [0, 0.05) is 5.56 Å². The average Bonchev–Trinajstić information content (AvgIpc) is 2.55. The Kier molecular flexibility index (Phi) is 4.93. The fourth-order valence-corrected chi connectivity index (χ4v) is 1.69. The van der Waals surface area contributed by atoms with E-state index in [1.807, 2.05) is 24.3 Å². The first-order chi connectivity index (χ1) is 10.2. The Bertz CT molecular complexity index is 636. The molecular weight excluding hydrogens is 268 g/mol. The van der Waals surface area contributed by atoms with Crippen LogP contribution in [-0.2, 0) is 0 Å². The molecule has 0 unspecified atom stereocenters. The molecule has 0 aliphatic heterocycles. The number of hydrogen-bond acceptors (Lipinski definition) is 4. The van der Waals surface area contributed by atoms with Crippen molar-refractivity contribution in [1.29, 1.82) is 0 Å². The third-order valence-electron chi connectivity index (χ3n) is 2.83. The minimum absolute atomic E-state index is 0.281. The molecular formula is C16H16N2O3. The monoisotopic (exact) mass is 284 g/mol. The van der Waals surface area contributed by atoms with Crippen molar-refractivity contribution in [2.24, 2.45) is 5.10 Å². The van der Waals surface area contributed by atoms with Crippen LogP contribution in [0.25, 0.3) is 0 Å². The van der Waals surface area contributed by atoms with Gasteiger partial charge in [0.1, 0.15) is 11.5 Å². The van der Waals surface area contributed by atoms with E-state index in [1.54, 1.807) is 44.7 Å². The summed E-state index contributed by atoms with van der Waals surface area (Å²) >= 11 is 0. The normalized spacial score (nSPS) is 10.4. The zero-order valence-corrected chi connectivity index (χ0v) is 11.9. The van der Waals surface area contributed by atoms with Gasteiger partial charge in [0.05, 0.1) is 20.4 Å². The lowest BCUT2D eigenvalue weighted by Gasteiger charge is -2.02. The van der Waals surface area contributed by atoms with Crippen LogP contribution in [0.3, 0.4) is 0 Å². The number of carbonyl (C=O) groups is 1.